The quantitative estimate of drug-likeness (QED) is 0.665. The first-order chi connectivity index (χ1) is 11.7. The Hall–Kier alpha value is -2.88. The number of aromatic nitrogens is 2. The third kappa shape index (κ3) is 3.23. The van der Waals surface area contributed by atoms with E-state index in [0.717, 1.165) is 16.8 Å². The summed E-state index contributed by atoms with van der Waals surface area (Å²) in [7, 11) is 0. The standard InChI is InChI=1S/C20H20N2O2/c1-3-24-20(23)18-15(2)21-22(14-16-10-6-4-7-11-16)19(18)17-12-8-5-9-13-17/h4-13H,3,14H2,1-2H3. The average Bonchev–Trinajstić information content (AvgIpc) is 2.93. The van der Waals surface area contributed by atoms with E-state index in [1.165, 1.54) is 0 Å². The zero-order chi connectivity index (χ0) is 16.9. The van der Waals surface area contributed by atoms with E-state index < -0.39 is 0 Å². The van der Waals surface area contributed by atoms with Crippen LogP contribution in [-0.4, -0.2) is 22.4 Å². The van der Waals surface area contributed by atoms with E-state index in [-0.39, 0.29) is 5.97 Å². The fourth-order valence-electron chi connectivity index (χ4n) is 2.79. The van der Waals surface area contributed by atoms with Crippen molar-refractivity contribution in [3.05, 3.63) is 77.5 Å². The Bertz CT molecular complexity index is 824. The lowest BCUT2D eigenvalue weighted by Gasteiger charge is -2.10. The van der Waals surface area contributed by atoms with Crippen LogP contribution in [0.1, 0.15) is 28.5 Å². The van der Waals surface area contributed by atoms with Crippen LogP contribution in [0.4, 0.5) is 0 Å². The second-order valence-electron chi connectivity index (χ2n) is 5.54. The predicted molar refractivity (Wildman–Crippen MR) is 93.9 cm³/mol. The fourth-order valence-corrected chi connectivity index (χ4v) is 2.79. The number of esters is 1. The van der Waals surface area contributed by atoms with Crippen molar-refractivity contribution in [1.82, 2.24) is 9.78 Å². The molecule has 0 aliphatic rings. The SMILES string of the molecule is CCOC(=O)c1c(C)nn(Cc2ccccc2)c1-c1ccccc1. The Balaban J connectivity index is 2.12. The smallest absolute Gasteiger partial charge is 0.342 e. The van der Waals surface area contributed by atoms with Crippen LogP contribution in [0.5, 0.6) is 0 Å². The predicted octanol–water partition coefficient (Wildman–Crippen LogP) is 4.08. The number of hydrogen-bond acceptors (Lipinski definition) is 3. The molecule has 0 fully saturated rings. The highest BCUT2D eigenvalue weighted by atomic mass is 16.5. The minimum absolute atomic E-state index is 0.326. The van der Waals surface area contributed by atoms with Gasteiger partial charge in [0.2, 0.25) is 0 Å². The summed E-state index contributed by atoms with van der Waals surface area (Å²) >= 11 is 0. The lowest BCUT2D eigenvalue weighted by Crippen LogP contribution is -2.09. The van der Waals surface area contributed by atoms with Crippen LogP contribution in [0.3, 0.4) is 0 Å². The van der Waals surface area contributed by atoms with Gasteiger partial charge in [-0.2, -0.15) is 5.10 Å². The molecule has 0 atom stereocenters. The van der Waals surface area contributed by atoms with Crippen molar-refractivity contribution in [2.75, 3.05) is 6.61 Å². The van der Waals surface area contributed by atoms with Crippen molar-refractivity contribution in [2.24, 2.45) is 0 Å². The maximum Gasteiger partial charge on any atom is 0.342 e. The summed E-state index contributed by atoms with van der Waals surface area (Å²) in [4.78, 5) is 12.4. The molecule has 0 spiro atoms. The topological polar surface area (TPSA) is 44.1 Å². The molecule has 2 aromatic carbocycles. The number of carbonyl (C=O) groups excluding carboxylic acids is 1. The van der Waals surface area contributed by atoms with E-state index in [4.69, 9.17) is 4.74 Å². The molecule has 0 aliphatic heterocycles. The highest BCUT2D eigenvalue weighted by molar-refractivity contribution is 5.97. The van der Waals surface area contributed by atoms with Gasteiger partial charge >= 0.3 is 5.97 Å². The molecule has 4 heteroatoms. The van der Waals surface area contributed by atoms with Gasteiger partial charge < -0.3 is 4.74 Å². The van der Waals surface area contributed by atoms with E-state index in [1.807, 2.05) is 67.1 Å². The lowest BCUT2D eigenvalue weighted by molar-refractivity contribution is 0.0526. The van der Waals surface area contributed by atoms with Crippen molar-refractivity contribution in [2.45, 2.75) is 20.4 Å². The molecule has 0 aliphatic carbocycles. The molecule has 0 radical (unpaired) electrons. The maximum atomic E-state index is 12.4. The van der Waals surface area contributed by atoms with Crippen LogP contribution < -0.4 is 0 Å². The normalized spacial score (nSPS) is 10.6. The van der Waals surface area contributed by atoms with Crippen LogP contribution in [0, 0.1) is 6.92 Å². The van der Waals surface area contributed by atoms with Crippen molar-refractivity contribution in [3.8, 4) is 11.3 Å². The molecule has 0 saturated carbocycles. The van der Waals surface area contributed by atoms with Gasteiger partial charge in [0.15, 0.2) is 0 Å². The molecule has 0 saturated heterocycles. The lowest BCUT2D eigenvalue weighted by atomic mass is 10.1. The van der Waals surface area contributed by atoms with E-state index in [0.29, 0.717) is 24.4 Å². The van der Waals surface area contributed by atoms with Gasteiger partial charge in [-0.05, 0) is 19.4 Å². The molecule has 0 N–H and O–H groups in total. The molecule has 0 amide bonds. The second kappa shape index (κ2) is 7.13. The van der Waals surface area contributed by atoms with Gasteiger partial charge in [0.25, 0.3) is 0 Å². The average molecular weight is 320 g/mol. The largest absolute Gasteiger partial charge is 0.462 e. The zero-order valence-electron chi connectivity index (χ0n) is 13.9. The van der Waals surface area contributed by atoms with Crippen LogP contribution in [-0.2, 0) is 11.3 Å². The van der Waals surface area contributed by atoms with Crippen molar-refractivity contribution < 1.29 is 9.53 Å². The summed E-state index contributed by atoms with van der Waals surface area (Å²) in [5, 5.41) is 4.60. The monoisotopic (exact) mass is 320 g/mol. The summed E-state index contributed by atoms with van der Waals surface area (Å²) in [6, 6.07) is 19.9. The first kappa shape index (κ1) is 16.0. The summed E-state index contributed by atoms with van der Waals surface area (Å²) in [5.74, 6) is -0.326. The van der Waals surface area contributed by atoms with Crippen LogP contribution in [0.2, 0.25) is 0 Å². The summed E-state index contributed by atoms with van der Waals surface area (Å²) < 4.78 is 7.12. The van der Waals surface area contributed by atoms with Crippen LogP contribution >= 0.6 is 0 Å². The fraction of sp³-hybridized carbons (Fsp3) is 0.200. The van der Waals surface area contributed by atoms with Gasteiger partial charge in [0.1, 0.15) is 5.56 Å². The Morgan fingerprint density at radius 2 is 1.67 bits per heavy atom. The molecular formula is C20H20N2O2. The van der Waals surface area contributed by atoms with Crippen LogP contribution in [0.25, 0.3) is 11.3 Å². The highest BCUT2D eigenvalue weighted by Gasteiger charge is 2.23. The molecule has 24 heavy (non-hydrogen) atoms. The Morgan fingerprint density at radius 1 is 1.04 bits per heavy atom. The van der Waals surface area contributed by atoms with Crippen LogP contribution in [0.15, 0.2) is 60.7 Å². The molecule has 0 unspecified atom stereocenters. The molecular weight excluding hydrogens is 300 g/mol. The van der Waals surface area contributed by atoms with Gasteiger partial charge in [-0.1, -0.05) is 60.7 Å². The Kier molecular flexibility index (Phi) is 4.75. The highest BCUT2D eigenvalue weighted by Crippen LogP contribution is 2.27. The van der Waals surface area contributed by atoms with Crippen molar-refractivity contribution in [3.63, 3.8) is 0 Å². The minimum Gasteiger partial charge on any atom is -0.462 e. The van der Waals surface area contributed by atoms with Gasteiger partial charge in [0.05, 0.1) is 24.5 Å². The molecule has 1 heterocycles. The number of ether oxygens (including phenoxy) is 1. The number of hydrogen-bond donors (Lipinski definition) is 0. The number of nitrogens with zero attached hydrogens (tertiary/aromatic N) is 2. The summed E-state index contributed by atoms with van der Waals surface area (Å²) in [6.45, 7) is 4.60. The second-order valence-corrected chi connectivity index (χ2v) is 5.54. The van der Waals surface area contributed by atoms with E-state index in [2.05, 4.69) is 17.2 Å². The van der Waals surface area contributed by atoms with E-state index in [1.54, 1.807) is 0 Å². The first-order valence-electron chi connectivity index (χ1n) is 8.04. The van der Waals surface area contributed by atoms with Gasteiger partial charge in [0, 0.05) is 5.56 Å². The maximum absolute atomic E-state index is 12.4. The van der Waals surface area contributed by atoms with Crippen molar-refractivity contribution >= 4 is 5.97 Å². The van der Waals surface area contributed by atoms with E-state index >= 15 is 0 Å². The number of aryl methyl sites for hydroxylation is 1. The molecule has 0 bridgehead atoms. The zero-order valence-corrected chi connectivity index (χ0v) is 13.9. The Morgan fingerprint density at radius 3 is 2.29 bits per heavy atom. The van der Waals surface area contributed by atoms with Gasteiger partial charge in [-0.25, -0.2) is 4.79 Å². The number of rotatable bonds is 5. The first-order valence-corrected chi connectivity index (χ1v) is 8.04. The third-order valence-electron chi connectivity index (χ3n) is 3.83. The molecule has 3 rings (SSSR count). The molecule has 4 nitrogen and oxygen atoms in total. The van der Waals surface area contributed by atoms with Crippen molar-refractivity contribution in [1.29, 1.82) is 0 Å². The van der Waals surface area contributed by atoms with Gasteiger partial charge in [-0.3, -0.25) is 4.68 Å². The minimum atomic E-state index is -0.326. The molecule has 122 valence electrons. The summed E-state index contributed by atoms with van der Waals surface area (Å²) in [6.07, 6.45) is 0. The summed E-state index contributed by atoms with van der Waals surface area (Å²) in [5.41, 5.74) is 4.11. The number of carbonyl (C=O) groups is 1. The van der Waals surface area contributed by atoms with E-state index in [9.17, 15) is 4.79 Å². The van der Waals surface area contributed by atoms with Gasteiger partial charge in [-0.15, -0.1) is 0 Å². The Labute approximate surface area is 141 Å². The third-order valence-corrected chi connectivity index (χ3v) is 3.83. The molecule has 1 aromatic heterocycles. The molecule has 3 aromatic rings. The number of benzene rings is 2.